The summed E-state index contributed by atoms with van der Waals surface area (Å²) in [5.41, 5.74) is 2.99. The molecule has 0 saturated heterocycles. The average Bonchev–Trinajstić information content (AvgIpc) is 2.60. The lowest BCUT2D eigenvalue weighted by Gasteiger charge is -2.35. The van der Waals surface area contributed by atoms with Crippen molar-refractivity contribution in [1.29, 1.82) is 0 Å². The Hall–Kier alpha value is -1.02. The largest absolute Gasteiger partial charge is 0.368 e. The molecule has 2 rings (SSSR count). The van der Waals surface area contributed by atoms with Crippen molar-refractivity contribution in [2.24, 2.45) is 5.92 Å². The first-order chi connectivity index (χ1) is 8.74. The summed E-state index contributed by atoms with van der Waals surface area (Å²) in [4.78, 5) is 2.62. The molecule has 2 atom stereocenters. The predicted molar refractivity (Wildman–Crippen MR) is 79.3 cm³/mol. The van der Waals surface area contributed by atoms with Crippen molar-refractivity contribution in [1.82, 2.24) is 5.32 Å². The summed E-state index contributed by atoms with van der Waals surface area (Å²) in [6, 6.07) is 9.53. The molecule has 18 heavy (non-hydrogen) atoms. The zero-order chi connectivity index (χ0) is 13.0. The molecule has 0 aliphatic carbocycles. The topological polar surface area (TPSA) is 15.3 Å². The van der Waals surface area contributed by atoms with Crippen LogP contribution in [0.5, 0.6) is 0 Å². The third kappa shape index (κ3) is 2.86. The van der Waals surface area contributed by atoms with E-state index in [2.05, 4.69) is 48.3 Å². The van der Waals surface area contributed by atoms with Crippen molar-refractivity contribution in [3.63, 3.8) is 0 Å². The maximum absolute atomic E-state index is 3.30. The van der Waals surface area contributed by atoms with E-state index in [9.17, 15) is 0 Å². The van der Waals surface area contributed by atoms with Gasteiger partial charge in [0.15, 0.2) is 0 Å². The molecule has 0 spiro atoms. The molecule has 2 heteroatoms. The number of hydrogen-bond donors (Lipinski definition) is 1. The number of benzene rings is 1. The number of anilines is 1. The standard InChI is InChI=1S/C16H26N2/c1-13(12-17-3)14(2)18-11-7-6-9-15-8-4-5-10-16(15)18/h4-5,8,10,13-14,17H,6-7,9,11-12H2,1-3H3. The van der Waals surface area contributed by atoms with Crippen LogP contribution in [0.2, 0.25) is 0 Å². The fourth-order valence-electron chi connectivity index (χ4n) is 2.94. The van der Waals surface area contributed by atoms with Gasteiger partial charge >= 0.3 is 0 Å². The van der Waals surface area contributed by atoms with Crippen LogP contribution in [-0.4, -0.2) is 26.2 Å². The second-order valence-electron chi connectivity index (χ2n) is 5.55. The molecule has 100 valence electrons. The van der Waals surface area contributed by atoms with Gasteiger partial charge in [0.1, 0.15) is 0 Å². The Bertz CT molecular complexity index is 375. The molecule has 0 fully saturated rings. The summed E-state index contributed by atoms with van der Waals surface area (Å²) >= 11 is 0. The predicted octanol–water partition coefficient (Wildman–Crippen LogP) is 3.07. The zero-order valence-electron chi connectivity index (χ0n) is 11.9. The molecule has 2 nitrogen and oxygen atoms in total. The van der Waals surface area contributed by atoms with Crippen LogP contribution in [-0.2, 0) is 6.42 Å². The Labute approximate surface area is 111 Å². The van der Waals surface area contributed by atoms with Gasteiger partial charge < -0.3 is 10.2 Å². The van der Waals surface area contributed by atoms with E-state index in [-0.39, 0.29) is 0 Å². The van der Waals surface area contributed by atoms with Gasteiger partial charge in [-0.25, -0.2) is 0 Å². The van der Waals surface area contributed by atoms with Crippen molar-refractivity contribution in [2.45, 2.75) is 39.2 Å². The molecule has 0 radical (unpaired) electrons. The molecule has 0 bridgehead atoms. The third-order valence-electron chi connectivity index (χ3n) is 4.24. The van der Waals surface area contributed by atoms with Crippen molar-refractivity contribution < 1.29 is 0 Å². The molecule has 1 heterocycles. The maximum Gasteiger partial charge on any atom is 0.0401 e. The Morgan fingerprint density at radius 3 is 2.78 bits per heavy atom. The quantitative estimate of drug-likeness (QED) is 0.878. The highest BCUT2D eigenvalue weighted by atomic mass is 15.2. The Balaban J connectivity index is 2.21. The minimum Gasteiger partial charge on any atom is -0.368 e. The van der Waals surface area contributed by atoms with Crippen LogP contribution in [0.15, 0.2) is 24.3 Å². The highest BCUT2D eigenvalue weighted by Gasteiger charge is 2.23. The second-order valence-corrected chi connectivity index (χ2v) is 5.55. The summed E-state index contributed by atoms with van der Waals surface area (Å²) in [5, 5.41) is 3.30. The number of rotatable bonds is 4. The Morgan fingerprint density at radius 1 is 1.22 bits per heavy atom. The summed E-state index contributed by atoms with van der Waals surface area (Å²) in [6.07, 6.45) is 3.87. The van der Waals surface area contributed by atoms with Crippen LogP contribution < -0.4 is 10.2 Å². The van der Waals surface area contributed by atoms with E-state index in [0.717, 1.165) is 6.54 Å². The van der Waals surface area contributed by atoms with Gasteiger partial charge in [-0.3, -0.25) is 0 Å². The summed E-state index contributed by atoms with van der Waals surface area (Å²) in [6.45, 7) is 6.99. The number of fused-ring (bicyclic) bond motifs is 1. The van der Waals surface area contributed by atoms with Crippen LogP contribution in [0.3, 0.4) is 0 Å². The van der Waals surface area contributed by atoms with Gasteiger partial charge in [-0.05, 0) is 57.3 Å². The van der Waals surface area contributed by atoms with E-state index < -0.39 is 0 Å². The number of nitrogens with one attached hydrogen (secondary N) is 1. The van der Waals surface area contributed by atoms with Crippen LogP contribution in [0, 0.1) is 5.92 Å². The van der Waals surface area contributed by atoms with Crippen molar-refractivity contribution in [3.05, 3.63) is 29.8 Å². The van der Waals surface area contributed by atoms with E-state index in [1.165, 1.54) is 37.1 Å². The number of aryl methyl sites for hydroxylation is 1. The summed E-state index contributed by atoms with van der Waals surface area (Å²) in [7, 11) is 2.04. The van der Waals surface area contributed by atoms with E-state index >= 15 is 0 Å². The monoisotopic (exact) mass is 246 g/mol. The lowest BCUT2D eigenvalue weighted by Crippen LogP contribution is -2.41. The summed E-state index contributed by atoms with van der Waals surface area (Å²) in [5.74, 6) is 0.668. The van der Waals surface area contributed by atoms with E-state index in [1.54, 1.807) is 0 Å². The van der Waals surface area contributed by atoms with Gasteiger partial charge in [-0.15, -0.1) is 0 Å². The minimum atomic E-state index is 0.594. The van der Waals surface area contributed by atoms with Crippen LogP contribution >= 0.6 is 0 Å². The fraction of sp³-hybridized carbons (Fsp3) is 0.625. The molecule has 0 saturated carbocycles. The molecule has 0 amide bonds. The molecule has 0 aromatic heterocycles. The van der Waals surface area contributed by atoms with Gasteiger partial charge in [0, 0.05) is 18.3 Å². The zero-order valence-corrected chi connectivity index (χ0v) is 11.9. The SMILES string of the molecule is CNCC(C)C(C)N1CCCCc2ccccc21. The van der Waals surface area contributed by atoms with E-state index in [1.807, 2.05) is 7.05 Å². The minimum absolute atomic E-state index is 0.594. The molecule has 2 unspecified atom stereocenters. The van der Waals surface area contributed by atoms with Gasteiger partial charge in [0.25, 0.3) is 0 Å². The molecular weight excluding hydrogens is 220 g/mol. The second kappa shape index (κ2) is 6.24. The van der Waals surface area contributed by atoms with E-state index in [0.29, 0.717) is 12.0 Å². The van der Waals surface area contributed by atoms with Crippen molar-refractivity contribution in [3.8, 4) is 0 Å². The molecule has 1 aromatic carbocycles. The van der Waals surface area contributed by atoms with Gasteiger partial charge in [0.2, 0.25) is 0 Å². The maximum atomic E-state index is 3.30. The lowest BCUT2D eigenvalue weighted by atomic mass is 10.0. The molecule has 1 N–H and O–H groups in total. The number of para-hydroxylation sites is 1. The first-order valence-corrected chi connectivity index (χ1v) is 7.23. The highest BCUT2D eigenvalue weighted by molar-refractivity contribution is 5.55. The van der Waals surface area contributed by atoms with Gasteiger partial charge in [0.05, 0.1) is 0 Å². The first-order valence-electron chi connectivity index (χ1n) is 7.23. The number of nitrogens with zero attached hydrogens (tertiary/aromatic N) is 1. The van der Waals surface area contributed by atoms with Crippen LogP contribution in [0.25, 0.3) is 0 Å². The molecule has 1 aromatic rings. The number of hydrogen-bond acceptors (Lipinski definition) is 2. The summed E-state index contributed by atoms with van der Waals surface area (Å²) < 4.78 is 0. The Kier molecular flexibility index (Phi) is 4.65. The smallest absolute Gasteiger partial charge is 0.0401 e. The average molecular weight is 246 g/mol. The lowest BCUT2D eigenvalue weighted by molar-refractivity contribution is 0.432. The fourth-order valence-corrected chi connectivity index (χ4v) is 2.94. The molecule has 1 aliphatic rings. The van der Waals surface area contributed by atoms with E-state index in [4.69, 9.17) is 0 Å². The van der Waals surface area contributed by atoms with Gasteiger partial charge in [-0.2, -0.15) is 0 Å². The van der Waals surface area contributed by atoms with Crippen molar-refractivity contribution >= 4 is 5.69 Å². The Morgan fingerprint density at radius 2 is 2.00 bits per heavy atom. The molecular formula is C16H26N2. The highest BCUT2D eigenvalue weighted by Crippen LogP contribution is 2.29. The normalized spacial score (nSPS) is 18.9. The molecule has 1 aliphatic heterocycles. The third-order valence-corrected chi connectivity index (χ3v) is 4.24. The van der Waals surface area contributed by atoms with Crippen LogP contribution in [0.1, 0.15) is 32.3 Å². The van der Waals surface area contributed by atoms with Crippen molar-refractivity contribution in [2.75, 3.05) is 25.0 Å². The van der Waals surface area contributed by atoms with Gasteiger partial charge in [-0.1, -0.05) is 25.1 Å². The first kappa shape index (κ1) is 13.4. The van der Waals surface area contributed by atoms with Crippen LogP contribution in [0.4, 0.5) is 5.69 Å².